The van der Waals surface area contributed by atoms with Crippen LogP contribution < -0.4 is 5.73 Å². The Morgan fingerprint density at radius 1 is 1.44 bits per heavy atom. The summed E-state index contributed by atoms with van der Waals surface area (Å²) in [5.74, 6) is 0. The summed E-state index contributed by atoms with van der Waals surface area (Å²) in [7, 11) is 0. The van der Waals surface area contributed by atoms with Crippen LogP contribution >= 0.6 is 0 Å². The predicted octanol–water partition coefficient (Wildman–Crippen LogP) is 2.87. The van der Waals surface area contributed by atoms with Gasteiger partial charge in [-0.2, -0.15) is 5.10 Å². The minimum absolute atomic E-state index is 0.155. The van der Waals surface area contributed by atoms with Gasteiger partial charge in [0.25, 0.3) is 0 Å². The third kappa shape index (κ3) is 1.77. The van der Waals surface area contributed by atoms with Crippen molar-refractivity contribution < 1.29 is 0 Å². The quantitative estimate of drug-likeness (QED) is 0.849. The van der Waals surface area contributed by atoms with E-state index in [0.717, 1.165) is 6.54 Å². The van der Waals surface area contributed by atoms with E-state index in [1.54, 1.807) is 0 Å². The molecule has 1 fully saturated rings. The van der Waals surface area contributed by atoms with Crippen LogP contribution in [0.4, 0.5) is 0 Å². The summed E-state index contributed by atoms with van der Waals surface area (Å²) in [4.78, 5) is 0. The van der Waals surface area contributed by atoms with Crippen molar-refractivity contribution in [2.45, 2.75) is 58.5 Å². The molecule has 16 heavy (non-hydrogen) atoms. The van der Waals surface area contributed by atoms with Gasteiger partial charge in [0, 0.05) is 12.7 Å². The van der Waals surface area contributed by atoms with Gasteiger partial charge in [0.15, 0.2) is 0 Å². The second kappa shape index (κ2) is 4.58. The Morgan fingerprint density at radius 2 is 2.12 bits per heavy atom. The van der Waals surface area contributed by atoms with E-state index in [4.69, 9.17) is 5.73 Å². The van der Waals surface area contributed by atoms with E-state index in [-0.39, 0.29) is 6.04 Å². The third-order valence-corrected chi connectivity index (χ3v) is 4.33. The first kappa shape index (κ1) is 11.6. The van der Waals surface area contributed by atoms with E-state index in [0.29, 0.717) is 5.41 Å². The zero-order valence-corrected chi connectivity index (χ0v) is 10.4. The van der Waals surface area contributed by atoms with Gasteiger partial charge in [0.2, 0.25) is 0 Å². The lowest BCUT2D eigenvalue weighted by atomic mass is 9.75. The van der Waals surface area contributed by atoms with Crippen molar-refractivity contribution in [3.63, 3.8) is 0 Å². The molecule has 0 radical (unpaired) electrons. The van der Waals surface area contributed by atoms with Crippen molar-refractivity contribution in [2.75, 3.05) is 0 Å². The summed E-state index contributed by atoms with van der Waals surface area (Å²) in [6.07, 6.45) is 8.28. The molecule has 1 aromatic heterocycles. The Balaban J connectivity index is 2.26. The molecule has 1 aromatic rings. The van der Waals surface area contributed by atoms with Gasteiger partial charge in [-0.15, -0.1) is 0 Å². The fourth-order valence-electron chi connectivity index (χ4n) is 3.15. The number of nitrogens with two attached hydrogens (primary N) is 1. The van der Waals surface area contributed by atoms with Gasteiger partial charge < -0.3 is 5.73 Å². The highest BCUT2D eigenvalue weighted by atomic mass is 15.3. The van der Waals surface area contributed by atoms with Crippen molar-refractivity contribution >= 4 is 0 Å². The molecular weight excluding hydrogens is 198 g/mol. The molecule has 2 N–H and O–H groups in total. The van der Waals surface area contributed by atoms with Crippen LogP contribution in [0, 0.1) is 5.41 Å². The maximum atomic E-state index is 6.51. The standard InChI is InChI=1S/C13H23N3/c1-3-13(8-5-6-9-13)12(14)11-7-10-15-16(11)4-2/h7,10,12H,3-6,8-9,14H2,1-2H3. The molecule has 1 aliphatic carbocycles. The highest BCUT2D eigenvalue weighted by Crippen LogP contribution is 2.48. The fraction of sp³-hybridized carbons (Fsp3) is 0.769. The van der Waals surface area contributed by atoms with Gasteiger partial charge in [-0.25, -0.2) is 0 Å². The first-order valence-electron chi connectivity index (χ1n) is 6.51. The molecule has 0 amide bonds. The van der Waals surface area contributed by atoms with E-state index in [9.17, 15) is 0 Å². The molecule has 0 bridgehead atoms. The SMILES string of the molecule is CCn1nccc1C(N)C1(CC)CCCC1. The van der Waals surface area contributed by atoms with E-state index in [1.807, 2.05) is 10.9 Å². The van der Waals surface area contributed by atoms with Gasteiger partial charge in [-0.3, -0.25) is 4.68 Å². The van der Waals surface area contributed by atoms with E-state index in [2.05, 4.69) is 25.0 Å². The monoisotopic (exact) mass is 221 g/mol. The van der Waals surface area contributed by atoms with E-state index < -0.39 is 0 Å². The van der Waals surface area contributed by atoms with Crippen LogP contribution in [-0.4, -0.2) is 9.78 Å². The van der Waals surface area contributed by atoms with Gasteiger partial charge >= 0.3 is 0 Å². The van der Waals surface area contributed by atoms with Crippen LogP contribution in [-0.2, 0) is 6.54 Å². The van der Waals surface area contributed by atoms with Gasteiger partial charge in [0.05, 0.1) is 11.7 Å². The molecule has 2 rings (SSSR count). The minimum Gasteiger partial charge on any atom is -0.322 e. The van der Waals surface area contributed by atoms with Crippen molar-refractivity contribution in [1.82, 2.24) is 9.78 Å². The zero-order valence-electron chi connectivity index (χ0n) is 10.4. The van der Waals surface area contributed by atoms with Crippen LogP contribution in [0.1, 0.15) is 57.7 Å². The molecule has 1 atom stereocenters. The van der Waals surface area contributed by atoms with Crippen molar-refractivity contribution in [2.24, 2.45) is 11.1 Å². The van der Waals surface area contributed by atoms with Crippen LogP contribution in [0.25, 0.3) is 0 Å². The second-order valence-electron chi connectivity index (χ2n) is 4.97. The summed E-state index contributed by atoms with van der Waals surface area (Å²) < 4.78 is 2.04. The van der Waals surface area contributed by atoms with Crippen molar-refractivity contribution in [3.05, 3.63) is 18.0 Å². The lowest BCUT2D eigenvalue weighted by Crippen LogP contribution is -2.33. The molecule has 0 spiro atoms. The van der Waals surface area contributed by atoms with Crippen molar-refractivity contribution in [1.29, 1.82) is 0 Å². The van der Waals surface area contributed by atoms with Crippen LogP contribution in [0.2, 0.25) is 0 Å². The molecule has 3 heteroatoms. The number of hydrogen-bond donors (Lipinski definition) is 1. The summed E-state index contributed by atoms with van der Waals surface area (Å²) in [6, 6.07) is 2.24. The molecule has 1 unspecified atom stereocenters. The lowest BCUT2D eigenvalue weighted by molar-refractivity contribution is 0.213. The molecule has 0 saturated heterocycles. The van der Waals surface area contributed by atoms with E-state index >= 15 is 0 Å². The molecule has 1 aliphatic rings. The van der Waals surface area contributed by atoms with E-state index in [1.165, 1.54) is 37.8 Å². The van der Waals surface area contributed by atoms with Crippen LogP contribution in [0.15, 0.2) is 12.3 Å². The molecule has 3 nitrogen and oxygen atoms in total. The average Bonchev–Trinajstić information content (AvgIpc) is 2.97. The lowest BCUT2D eigenvalue weighted by Gasteiger charge is -2.34. The minimum atomic E-state index is 0.155. The van der Waals surface area contributed by atoms with Gasteiger partial charge in [0.1, 0.15) is 0 Å². The summed E-state index contributed by atoms with van der Waals surface area (Å²) in [5, 5.41) is 4.33. The van der Waals surface area contributed by atoms with Gasteiger partial charge in [-0.1, -0.05) is 19.8 Å². The number of rotatable bonds is 4. The maximum absolute atomic E-state index is 6.51. The predicted molar refractivity (Wildman–Crippen MR) is 66.0 cm³/mol. The Kier molecular flexibility index (Phi) is 3.33. The molecular formula is C13H23N3. The average molecular weight is 221 g/mol. The molecule has 1 heterocycles. The Hall–Kier alpha value is -0.830. The maximum Gasteiger partial charge on any atom is 0.0556 e. The summed E-state index contributed by atoms with van der Waals surface area (Å²) in [5.41, 5.74) is 8.05. The normalized spacial score (nSPS) is 21.2. The smallest absolute Gasteiger partial charge is 0.0556 e. The highest BCUT2D eigenvalue weighted by molar-refractivity contribution is 5.12. The fourth-order valence-corrected chi connectivity index (χ4v) is 3.15. The van der Waals surface area contributed by atoms with Crippen molar-refractivity contribution in [3.8, 4) is 0 Å². The molecule has 90 valence electrons. The largest absolute Gasteiger partial charge is 0.322 e. The Morgan fingerprint density at radius 3 is 2.69 bits per heavy atom. The van der Waals surface area contributed by atoms with Crippen LogP contribution in [0.5, 0.6) is 0 Å². The number of aryl methyl sites for hydroxylation is 1. The first-order valence-corrected chi connectivity index (χ1v) is 6.51. The topological polar surface area (TPSA) is 43.8 Å². The van der Waals surface area contributed by atoms with Gasteiger partial charge in [-0.05, 0) is 37.7 Å². The van der Waals surface area contributed by atoms with Crippen LogP contribution in [0.3, 0.4) is 0 Å². The first-order chi connectivity index (χ1) is 7.73. The zero-order chi connectivity index (χ0) is 11.6. The Labute approximate surface area is 98.0 Å². The number of aromatic nitrogens is 2. The number of nitrogens with zero attached hydrogens (tertiary/aromatic N) is 2. The molecule has 1 saturated carbocycles. The Bertz CT molecular complexity index is 337. The summed E-state index contributed by atoms with van der Waals surface area (Å²) >= 11 is 0. The second-order valence-corrected chi connectivity index (χ2v) is 4.97. The molecule has 0 aliphatic heterocycles. The highest BCUT2D eigenvalue weighted by Gasteiger charge is 2.39. The number of hydrogen-bond acceptors (Lipinski definition) is 2. The third-order valence-electron chi connectivity index (χ3n) is 4.33. The summed E-state index contributed by atoms with van der Waals surface area (Å²) in [6.45, 7) is 5.31. The molecule has 0 aromatic carbocycles.